The molecule has 0 fully saturated rings. The fourth-order valence-corrected chi connectivity index (χ4v) is 1.94. The molecular weight excluding hydrogens is 185 g/mol. The largest absolute Gasteiger partial charge is 0.224 e. The van der Waals surface area contributed by atoms with Crippen molar-refractivity contribution in [3.8, 4) is 0 Å². The molecule has 0 aromatic heterocycles. The summed E-state index contributed by atoms with van der Waals surface area (Å²) < 4.78 is 16.8. The van der Waals surface area contributed by atoms with Gasteiger partial charge in [0.25, 0.3) is 0 Å². The van der Waals surface area contributed by atoms with Crippen LogP contribution in [0.15, 0.2) is 22.6 Å². The third kappa shape index (κ3) is 1.61. The second-order valence-corrected chi connectivity index (χ2v) is 3.40. The lowest BCUT2D eigenvalue weighted by Gasteiger charge is -2.16. The predicted octanol–water partition coefficient (Wildman–Crippen LogP) is 2.80. The molecule has 68 valence electrons. The van der Waals surface area contributed by atoms with Crippen LogP contribution in [0.1, 0.15) is 24.0 Å². The molecule has 2 rings (SSSR count). The number of benzene rings is 1. The number of rotatable bonds is 0. The van der Waals surface area contributed by atoms with Crippen LogP contribution in [0.5, 0.6) is 0 Å². The summed E-state index contributed by atoms with van der Waals surface area (Å²) in [5, 5.41) is 0. The summed E-state index contributed by atoms with van der Waals surface area (Å²) in [6, 6.07) is 4.86. The van der Waals surface area contributed by atoms with Gasteiger partial charge in [-0.2, -0.15) is 0 Å². The average Bonchev–Trinajstić information content (AvgIpc) is 2.16. The summed E-state index contributed by atoms with van der Waals surface area (Å²) in [7, 11) is 0. The van der Waals surface area contributed by atoms with Crippen molar-refractivity contribution in [2.24, 2.45) is 4.40 Å². The molecule has 0 saturated heterocycles. The summed E-state index contributed by atoms with van der Waals surface area (Å²) in [4.78, 5) is 0. The average molecular weight is 195 g/mol. The van der Waals surface area contributed by atoms with Gasteiger partial charge in [0, 0.05) is 0 Å². The van der Waals surface area contributed by atoms with Crippen molar-refractivity contribution in [3.63, 3.8) is 0 Å². The van der Waals surface area contributed by atoms with Gasteiger partial charge in [-0.3, -0.25) is 0 Å². The number of fused-ring (bicyclic) bond motifs is 1. The van der Waals surface area contributed by atoms with Crippen LogP contribution >= 0.6 is 12.8 Å². The van der Waals surface area contributed by atoms with Crippen molar-refractivity contribution >= 4 is 18.5 Å². The second-order valence-electron chi connectivity index (χ2n) is 3.20. The van der Waals surface area contributed by atoms with Gasteiger partial charge in [-0.1, -0.05) is 0 Å². The highest BCUT2D eigenvalue weighted by molar-refractivity contribution is 7.79. The van der Waals surface area contributed by atoms with E-state index in [4.69, 9.17) is 0 Å². The van der Waals surface area contributed by atoms with Gasteiger partial charge in [0.05, 0.1) is 5.71 Å². The maximum absolute atomic E-state index is 12.9. The van der Waals surface area contributed by atoms with E-state index < -0.39 is 0 Å². The van der Waals surface area contributed by atoms with Crippen molar-refractivity contribution in [1.82, 2.24) is 0 Å². The Morgan fingerprint density at radius 3 is 2.92 bits per heavy atom. The standard InChI is InChI=1S/C10H10FNS/c11-8-4-5-9-7(6-8)2-1-3-10(9)12-13/h4-6,13H,1-3H2/b12-10+. The minimum atomic E-state index is -0.167. The molecule has 0 bridgehead atoms. The van der Waals surface area contributed by atoms with Crippen LogP contribution < -0.4 is 0 Å². The van der Waals surface area contributed by atoms with Crippen molar-refractivity contribution in [3.05, 3.63) is 35.1 Å². The molecule has 1 aliphatic carbocycles. The number of hydrogen-bond acceptors (Lipinski definition) is 2. The summed E-state index contributed by atoms with van der Waals surface area (Å²) >= 11 is 3.91. The van der Waals surface area contributed by atoms with Crippen molar-refractivity contribution in [1.29, 1.82) is 0 Å². The third-order valence-electron chi connectivity index (χ3n) is 2.36. The first kappa shape index (κ1) is 8.75. The molecule has 0 aliphatic heterocycles. The van der Waals surface area contributed by atoms with Crippen LogP contribution in [0.25, 0.3) is 0 Å². The van der Waals surface area contributed by atoms with Crippen molar-refractivity contribution in [2.75, 3.05) is 0 Å². The number of aryl methyl sites for hydroxylation is 1. The van der Waals surface area contributed by atoms with Crippen LogP contribution in [0, 0.1) is 5.82 Å². The SMILES string of the molecule is Fc1ccc2c(c1)CCC/C2=N\S. The van der Waals surface area contributed by atoms with Gasteiger partial charge in [0.2, 0.25) is 0 Å². The molecule has 0 heterocycles. The number of hydrogen-bond donors (Lipinski definition) is 1. The summed E-state index contributed by atoms with van der Waals surface area (Å²) in [5.41, 5.74) is 3.09. The first-order valence-corrected chi connectivity index (χ1v) is 4.71. The highest BCUT2D eigenvalue weighted by atomic mass is 32.1. The van der Waals surface area contributed by atoms with Crippen molar-refractivity contribution < 1.29 is 4.39 Å². The van der Waals surface area contributed by atoms with Gasteiger partial charge in [0.1, 0.15) is 5.82 Å². The molecule has 0 saturated carbocycles. The molecule has 1 aromatic carbocycles. The van der Waals surface area contributed by atoms with Crippen LogP contribution in [-0.2, 0) is 6.42 Å². The molecule has 1 aliphatic rings. The smallest absolute Gasteiger partial charge is 0.123 e. The van der Waals surface area contributed by atoms with Crippen LogP contribution in [0.2, 0.25) is 0 Å². The summed E-state index contributed by atoms with van der Waals surface area (Å²) in [5.74, 6) is -0.167. The molecule has 0 unspecified atom stereocenters. The monoisotopic (exact) mass is 195 g/mol. The Bertz CT molecular complexity index is 360. The summed E-state index contributed by atoms with van der Waals surface area (Å²) in [6.45, 7) is 0. The van der Waals surface area contributed by atoms with E-state index in [2.05, 4.69) is 17.2 Å². The molecular formula is C10H10FNS. The first-order chi connectivity index (χ1) is 6.31. The van der Waals surface area contributed by atoms with Gasteiger partial charge in [0.15, 0.2) is 0 Å². The Morgan fingerprint density at radius 1 is 1.31 bits per heavy atom. The number of thiol groups is 1. The highest BCUT2D eigenvalue weighted by Gasteiger charge is 2.15. The van der Waals surface area contributed by atoms with Crippen LogP contribution in [0.3, 0.4) is 0 Å². The zero-order valence-corrected chi connectivity index (χ0v) is 8.02. The molecule has 1 nitrogen and oxygen atoms in total. The molecule has 1 aromatic rings. The lowest BCUT2D eigenvalue weighted by Crippen LogP contribution is -2.11. The van der Waals surface area contributed by atoms with E-state index in [0.717, 1.165) is 36.1 Å². The maximum Gasteiger partial charge on any atom is 0.123 e. The molecule has 0 N–H and O–H groups in total. The fourth-order valence-electron chi connectivity index (χ4n) is 1.74. The van der Waals surface area contributed by atoms with Gasteiger partial charge in [-0.15, -0.1) is 0 Å². The van der Waals surface area contributed by atoms with E-state index in [1.807, 2.05) is 0 Å². The zero-order chi connectivity index (χ0) is 9.26. The molecule has 0 amide bonds. The van der Waals surface area contributed by atoms with E-state index in [1.54, 1.807) is 12.1 Å². The van der Waals surface area contributed by atoms with Gasteiger partial charge >= 0.3 is 0 Å². The molecule has 13 heavy (non-hydrogen) atoms. The molecule has 0 atom stereocenters. The Balaban J connectivity index is 2.52. The first-order valence-electron chi connectivity index (χ1n) is 4.31. The predicted molar refractivity (Wildman–Crippen MR) is 54.9 cm³/mol. The maximum atomic E-state index is 12.9. The normalized spacial score (nSPS) is 18.8. The van der Waals surface area contributed by atoms with E-state index in [9.17, 15) is 4.39 Å². The number of halogens is 1. The number of nitrogens with zero attached hydrogens (tertiary/aromatic N) is 1. The fraction of sp³-hybridized carbons (Fsp3) is 0.300. The van der Waals surface area contributed by atoms with Crippen LogP contribution in [-0.4, -0.2) is 5.71 Å². The summed E-state index contributed by atoms with van der Waals surface area (Å²) in [6.07, 6.45) is 2.93. The molecule has 3 heteroatoms. The van der Waals surface area contributed by atoms with E-state index in [0.29, 0.717) is 0 Å². The Labute approximate surface area is 82.2 Å². The van der Waals surface area contributed by atoms with E-state index in [1.165, 1.54) is 6.07 Å². The minimum absolute atomic E-state index is 0.167. The Kier molecular flexibility index (Phi) is 2.36. The van der Waals surface area contributed by atoms with Crippen molar-refractivity contribution in [2.45, 2.75) is 19.3 Å². The zero-order valence-electron chi connectivity index (χ0n) is 7.13. The van der Waals surface area contributed by atoms with E-state index >= 15 is 0 Å². The molecule has 0 spiro atoms. The third-order valence-corrected chi connectivity index (χ3v) is 2.60. The quantitative estimate of drug-likeness (QED) is 0.611. The lowest BCUT2D eigenvalue weighted by atomic mass is 9.90. The van der Waals surface area contributed by atoms with Gasteiger partial charge < -0.3 is 0 Å². The Hall–Kier alpha value is -0.830. The molecule has 0 radical (unpaired) electrons. The topological polar surface area (TPSA) is 12.4 Å². The second kappa shape index (κ2) is 3.50. The van der Waals surface area contributed by atoms with Crippen LogP contribution in [0.4, 0.5) is 4.39 Å². The van der Waals surface area contributed by atoms with E-state index in [-0.39, 0.29) is 5.82 Å². The van der Waals surface area contributed by atoms with Gasteiger partial charge in [-0.25, -0.2) is 8.79 Å². The lowest BCUT2D eigenvalue weighted by molar-refractivity contribution is 0.623. The minimum Gasteiger partial charge on any atom is -0.224 e. The highest BCUT2D eigenvalue weighted by Crippen LogP contribution is 2.22. The Morgan fingerprint density at radius 2 is 2.15 bits per heavy atom. The van der Waals surface area contributed by atoms with Gasteiger partial charge in [-0.05, 0) is 61.4 Å².